The van der Waals surface area contributed by atoms with Crippen LogP contribution in [-0.2, 0) is 6.54 Å². The van der Waals surface area contributed by atoms with Crippen molar-refractivity contribution in [1.29, 1.82) is 0 Å². The summed E-state index contributed by atoms with van der Waals surface area (Å²) < 4.78 is 4.98. The van der Waals surface area contributed by atoms with Crippen molar-refractivity contribution in [3.8, 4) is 0 Å². The average molecular weight is 218 g/mol. The minimum Gasteiger partial charge on any atom is -0.411 e. The van der Waals surface area contributed by atoms with Gasteiger partial charge in [0.05, 0.1) is 0 Å². The predicted molar refractivity (Wildman–Crippen MR) is 62.4 cm³/mol. The Morgan fingerprint density at radius 2 is 2.00 bits per heavy atom. The molecule has 0 saturated heterocycles. The van der Waals surface area contributed by atoms with Crippen molar-refractivity contribution in [2.75, 3.05) is 24.3 Å². The Labute approximate surface area is 94.1 Å². The molecular formula is C11H14N4O. The summed E-state index contributed by atoms with van der Waals surface area (Å²) in [6, 6.07) is 8.73. The number of benzene rings is 1. The smallest absolute Gasteiger partial charge is 0.315 e. The topological polar surface area (TPSA) is 54.2 Å². The molecule has 0 amide bonds. The van der Waals surface area contributed by atoms with Crippen molar-refractivity contribution in [2.24, 2.45) is 0 Å². The molecule has 5 heteroatoms. The average Bonchev–Trinajstić information content (AvgIpc) is 2.80. The lowest BCUT2D eigenvalue weighted by atomic mass is 10.2. The van der Waals surface area contributed by atoms with E-state index in [0.717, 1.165) is 0 Å². The minimum atomic E-state index is 0.441. The highest BCUT2D eigenvalue weighted by Crippen LogP contribution is 2.13. The molecule has 1 heterocycles. The minimum absolute atomic E-state index is 0.441. The molecule has 1 aromatic carbocycles. The summed E-state index contributed by atoms with van der Waals surface area (Å²) in [4.78, 5) is 2.06. The number of nitrogens with zero attached hydrogens (tertiary/aromatic N) is 3. The van der Waals surface area contributed by atoms with Gasteiger partial charge < -0.3 is 14.6 Å². The molecule has 0 unspecified atom stereocenters. The van der Waals surface area contributed by atoms with Crippen LogP contribution < -0.4 is 10.2 Å². The molecule has 0 bridgehead atoms. The number of nitrogens with one attached hydrogen (secondary N) is 1. The number of rotatable bonds is 4. The number of hydrogen-bond donors (Lipinski definition) is 1. The van der Waals surface area contributed by atoms with E-state index in [2.05, 4.69) is 44.7 Å². The van der Waals surface area contributed by atoms with Gasteiger partial charge in [-0.1, -0.05) is 17.2 Å². The first-order chi connectivity index (χ1) is 7.75. The van der Waals surface area contributed by atoms with Crippen LogP contribution in [0, 0.1) is 0 Å². The quantitative estimate of drug-likeness (QED) is 0.847. The van der Waals surface area contributed by atoms with Crippen LogP contribution in [-0.4, -0.2) is 24.3 Å². The van der Waals surface area contributed by atoms with Crippen molar-refractivity contribution in [3.63, 3.8) is 0 Å². The van der Waals surface area contributed by atoms with Crippen LogP contribution in [0.1, 0.15) is 5.56 Å². The molecule has 2 aromatic rings. The van der Waals surface area contributed by atoms with Gasteiger partial charge in [0, 0.05) is 26.3 Å². The van der Waals surface area contributed by atoms with Crippen molar-refractivity contribution >= 4 is 11.7 Å². The first-order valence-corrected chi connectivity index (χ1v) is 5.02. The van der Waals surface area contributed by atoms with Gasteiger partial charge in [-0.15, -0.1) is 5.10 Å². The fourth-order valence-corrected chi connectivity index (χ4v) is 1.34. The monoisotopic (exact) mass is 218 g/mol. The summed E-state index contributed by atoms with van der Waals surface area (Å²) in [5.41, 5.74) is 2.35. The van der Waals surface area contributed by atoms with Crippen LogP contribution in [0.5, 0.6) is 0 Å². The first kappa shape index (κ1) is 10.5. The molecule has 0 saturated carbocycles. The highest BCUT2D eigenvalue weighted by atomic mass is 16.4. The second-order valence-corrected chi connectivity index (χ2v) is 3.66. The highest BCUT2D eigenvalue weighted by molar-refractivity contribution is 5.46. The zero-order chi connectivity index (χ0) is 11.4. The van der Waals surface area contributed by atoms with Crippen molar-refractivity contribution in [2.45, 2.75) is 6.54 Å². The summed E-state index contributed by atoms with van der Waals surface area (Å²) in [6.07, 6.45) is 1.30. The maximum atomic E-state index is 4.98. The van der Waals surface area contributed by atoms with E-state index in [0.29, 0.717) is 12.6 Å². The van der Waals surface area contributed by atoms with Gasteiger partial charge in [-0.05, 0) is 17.7 Å². The SMILES string of the molecule is CN(C)c1ccc(CNc2nnco2)cc1. The van der Waals surface area contributed by atoms with E-state index < -0.39 is 0 Å². The third-order valence-electron chi connectivity index (χ3n) is 2.26. The molecule has 0 aliphatic carbocycles. The number of aromatic nitrogens is 2. The van der Waals surface area contributed by atoms with Gasteiger partial charge in [0.1, 0.15) is 0 Å². The van der Waals surface area contributed by atoms with Crippen LogP contribution in [0.2, 0.25) is 0 Å². The Bertz CT molecular complexity index is 422. The Hall–Kier alpha value is -2.04. The zero-order valence-corrected chi connectivity index (χ0v) is 9.34. The molecule has 5 nitrogen and oxygen atoms in total. The van der Waals surface area contributed by atoms with Gasteiger partial charge in [0.15, 0.2) is 0 Å². The molecule has 2 rings (SSSR count). The summed E-state index contributed by atoms with van der Waals surface area (Å²) in [6.45, 7) is 0.676. The standard InChI is InChI=1S/C11H14N4O/c1-15(2)10-5-3-9(4-6-10)7-12-11-14-13-8-16-11/h3-6,8H,7H2,1-2H3,(H,12,14). The summed E-state index contributed by atoms with van der Waals surface area (Å²) >= 11 is 0. The molecule has 0 spiro atoms. The molecule has 84 valence electrons. The summed E-state index contributed by atoms with van der Waals surface area (Å²) in [5, 5.41) is 10.4. The Morgan fingerprint density at radius 1 is 1.25 bits per heavy atom. The lowest BCUT2D eigenvalue weighted by Gasteiger charge is -2.12. The normalized spacial score (nSPS) is 10.1. The maximum Gasteiger partial charge on any atom is 0.315 e. The molecule has 0 aliphatic rings. The van der Waals surface area contributed by atoms with Crippen LogP contribution >= 0.6 is 0 Å². The number of hydrogen-bond acceptors (Lipinski definition) is 5. The molecule has 0 radical (unpaired) electrons. The first-order valence-electron chi connectivity index (χ1n) is 5.02. The second-order valence-electron chi connectivity index (χ2n) is 3.66. The van der Waals surface area contributed by atoms with E-state index in [9.17, 15) is 0 Å². The molecule has 1 aromatic heterocycles. The van der Waals surface area contributed by atoms with E-state index in [1.807, 2.05) is 14.1 Å². The maximum absolute atomic E-state index is 4.98. The summed E-state index contributed by atoms with van der Waals surface area (Å²) in [5.74, 6) is 0. The summed E-state index contributed by atoms with van der Waals surface area (Å²) in [7, 11) is 4.04. The predicted octanol–water partition coefficient (Wildman–Crippen LogP) is 1.75. The molecule has 1 N–H and O–H groups in total. The van der Waals surface area contributed by atoms with Gasteiger partial charge in [-0.3, -0.25) is 0 Å². The van der Waals surface area contributed by atoms with Gasteiger partial charge in [-0.2, -0.15) is 0 Å². The van der Waals surface area contributed by atoms with Gasteiger partial charge in [0.2, 0.25) is 6.39 Å². The molecule has 16 heavy (non-hydrogen) atoms. The van der Waals surface area contributed by atoms with Crippen molar-refractivity contribution in [1.82, 2.24) is 10.2 Å². The Morgan fingerprint density at radius 3 is 2.56 bits per heavy atom. The Kier molecular flexibility index (Phi) is 3.05. The van der Waals surface area contributed by atoms with Crippen molar-refractivity contribution in [3.05, 3.63) is 36.2 Å². The van der Waals surface area contributed by atoms with E-state index >= 15 is 0 Å². The van der Waals surface area contributed by atoms with Gasteiger partial charge in [-0.25, -0.2) is 0 Å². The molecular weight excluding hydrogens is 204 g/mol. The van der Waals surface area contributed by atoms with E-state index in [4.69, 9.17) is 4.42 Å². The number of anilines is 2. The van der Waals surface area contributed by atoms with Crippen LogP contribution in [0.15, 0.2) is 35.1 Å². The van der Waals surface area contributed by atoms with Crippen molar-refractivity contribution < 1.29 is 4.42 Å². The lowest BCUT2D eigenvalue weighted by Crippen LogP contribution is -2.08. The van der Waals surface area contributed by atoms with E-state index in [1.54, 1.807) is 0 Å². The van der Waals surface area contributed by atoms with Gasteiger partial charge >= 0.3 is 6.01 Å². The largest absolute Gasteiger partial charge is 0.411 e. The lowest BCUT2D eigenvalue weighted by molar-refractivity contribution is 0.565. The molecule has 0 atom stereocenters. The zero-order valence-electron chi connectivity index (χ0n) is 9.34. The highest BCUT2D eigenvalue weighted by Gasteiger charge is 1.99. The fourth-order valence-electron chi connectivity index (χ4n) is 1.34. The fraction of sp³-hybridized carbons (Fsp3) is 0.273. The van der Waals surface area contributed by atoms with Crippen LogP contribution in [0.25, 0.3) is 0 Å². The van der Waals surface area contributed by atoms with Gasteiger partial charge in [0.25, 0.3) is 0 Å². The van der Waals surface area contributed by atoms with E-state index in [1.165, 1.54) is 17.6 Å². The van der Waals surface area contributed by atoms with Crippen LogP contribution in [0.4, 0.5) is 11.7 Å². The van der Waals surface area contributed by atoms with Crippen LogP contribution in [0.3, 0.4) is 0 Å². The molecule has 0 aliphatic heterocycles. The molecule has 0 fully saturated rings. The third kappa shape index (κ3) is 2.50. The Balaban J connectivity index is 1.95. The second kappa shape index (κ2) is 4.65. The van der Waals surface area contributed by atoms with E-state index in [-0.39, 0.29) is 0 Å². The third-order valence-corrected chi connectivity index (χ3v) is 2.26.